The summed E-state index contributed by atoms with van der Waals surface area (Å²) in [5, 5.41) is 0.567. The standard InChI is InChI=1S/C21H19ClFN3OS/c1-25-12-10-21(11-13-25)24-18(14-4-8-17(23)9-5-14)20(28)26(21)19(27)15-2-6-16(22)7-3-15/h2-9H,10-13H2,1H3. The Morgan fingerprint density at radius 1 is 1.11 bits per heavy atom. The summed E-state index contributed by atoms with van der Waals surface area (Å²) < 4.78 is 13.4. The summed E-state index contributed by atoms with van der Waals surface area (Å²) in [6, 6.07) is 12.8. The fraction of sp³-hybridized carbons (Fsp3) is 0.286. The van der Waals surface area contributed by atoms with Crippen molar-refractivity contribution in [3.63, 3.8) is 0 Å². The third-order valence-corrected chi connectivity index (χ3v) is 5.97. The normalized spacial score (nSPS) is 19.2. The first-order valence-corrected chi connectivity index (χ1v) is 9.87. The van der Waals surface area contributed by atoms with E-state index in [9.17, 15) is 9.18 Å². The van der Waals surface area contributed by atoms with E-state index < -0.39 is 5.66 Å². The van der Waals surface area contributed by atoms with Crippen LogP contribution in [0.3, 0.4) is 0 Å². The van der Waals surface area contributed by atoms with Gasteiger partial charge in [0, 0.05) is 42.1 Å². The van der Waals surface area contributed by atoms with Crippen molar-refractivity contribution in [3.05, 3.63) is 70.5 Å². The molecule has 1 saturated heterocycles. The molecule has 0 atom stereocenters. The van der Waals surface area contributed by atoms with E-state index in [1.165, 1.54) is 12.1 Å². The topological polar surface area (TPSA) is 35.9 Å². The molecule has 4 rings (SSSR count). The summed E-state index contributed by atoms with van der Waals surface area (Å²) in [5.41, 5.74) is 1.10. The smallest absolute Gasteiger partial charge is 0.260 e. The largest absolute Gasteiger partial charge is 0.306 e. The average molecular weight is 416 g/mol. The molecule has 7 heteroatoms. The van der Waals surface area contributed by atoms with Crippen molar-refractivity contribution in [3.8, 4) is 0 Å². The minimum atomic E-state index is -0.704. The van der Waals surface area contributed by atoms with Crippen LogP contribution in [0.1, 0.15) is 28.8 Å². The molecule has 0 aromatic heterocycles. The lowest BCUT2D eigenvalue weighted by molar-refractivity contribution is 0.0571. The monoisotopic (exact) mass is 415 g/mol. The van der Waals surface area contributed by atoms with Crippen molar-refractivity contribution in [2.45, 2.75) is 18.5 Å². The first-order chi connectivity index (χ1) is 13.4. The Labute approximate surface area is 173 Å². The highest BCUT2D eigenvalue weighted by atomic mass is 35.5. The fourth-order valence-corrected chi connectivity index (χ4v) is 4.25. The quantitative estimate of drug-likeness (QED) is 0.690. The lowest BCUT2D eigenvalue weighted by atomic mass is 9.95. The lowest BCUT2D eigenvalue weighted by Gasteiger charge is -2.41. The molecule has 0 unspecified atom stereocenters. The molecule has 1 fully saturated rings. The Morgan fingerprint density at radius 2 is 1.71 bits per heavy atom. The van der Waals surface area contributed by atoms with E-state index in [2.05, 4.69) is 11.9 Å². The predicted octanol–water partition coefficient (Wildman–Crippen LogP) is 4.17. The number of halogens is 2. The molecular formula is C21H19ClFN3OS. The van der Waals surface area contributed by atoms with Crippen molar-refractivity contribution in [1.29, 1.82) is 0 Å². The molecule has 2 heterocycles. The predicted molar refractivity (Wildman–Crippen MR) is 113 cm³/mol. The number of piperidine rings is 1. The summed E-state index contributed by atoms with van der Waals surface area (Å²) in [6.45, 7) is 1.63. The number of benzene rings is 2. The van der Waals surface area contributed by atoms with Crippen LogP contribution in [0, 0.1) is 5.82 Å². The van der Waals surface area contributed by atoms with Gasteiger partial charge in [-0.1, -0.05) is 23.8 Å². The van der Waals surface area contributed by atoms with Crippen LogP contribution in [-0.2, 0) is 0 Å². The van der Waals surface area contributed by atoms with Crippen molar-refractivity contribution in [2.75, 3.05) is 20.1 Å². The molecule has 0 N–H and O–H groups in total. The van der Waals surface area contributed by atoms with Gasteiger partial charge in [-0.15, -0.1) is 0 Å². The Bertz CT molecular complexity index is 951. The summed E-state index contributed by atoms with van der Waals surface area (Å²) in [4.78, 5) is 22.6. The van der Waals surface area contributed by atoms with Crippen LogP contribution in [0.25, 0.3) is 0 Å². The number of aliphatic imine (C=N–C) groups is 1. The molecule has 1 amide bonds. The van der Waals surface area contributed by atoms with Crippen LogP contribution < -0.4 is 0 Å². The summed E-state index contributed by atoms with van der Waals surface area (Å²) in [7, 11) is 2.05. The molecule has 1 spiro atoms. The lowest BCUT2D eigenvalue weighted by Crippen LogP contribution is -2.54. The molecule has 0 saturated carbocycles. The van der Waals surface area contributed by atoms with Gasteiger partial charge in [-0.3, -0.25) is 14.7 Å². The number of rotatable bonds is 2. The van der Waals surface area contributed by atoms with E-state index in [-0.39, 0.29) is 11.7 Å². The van der Waals surface area contributed by atoms with Crippen LogP contribution in [0.2, 0.25) is 5.02 Å². The van der Waals surface area contributed by atoms with E-state index in [0.717, 1.165) is 18.7 Å². The van der Waals surface area contributed by atoms with Gasteiger partial charge < -0.3 is 4.90 Å². The Balaban J connectivity index is 1.76. The number of amides is 1. The second kappa shape index (κ2) is 7.35. The van der Waals surface area contributed by atoms with E-state index in [1.807, 2.05) is 0 Å². The third-order valence-electron chi connectivity index (χ3n) is 5.34. The maximum atomic E-state index is 13.4. The van der Waals surface area contributed by atoms with E-state index in [4.69, 9.17) is 28.8 Å². The Hall–Kier alpha value is -2.15. The van der Waals surface area contributed by atoms with Crippen molar-refractivity contribution in [1.82, 2.24) is 9.80 Å². The molecule has 0 bridgehead atoms. The molecule has 4 nitrogen and oxygen atoms in total. The summed E-state index contributed by atoms with van der Waals surface area (Å²) in [5.74, 6) is -0.511. The number of likely N-dealkylation sites (tertiary alicyclic amines) is 1. The van der Waals surface area contributed by atoms with Gasteiger partial charge in [-0.05, 0) is 55.6 Å². The molecule has 2 aliphatic heterocycles. The van der Waals surface area contributed by atoms with E-state index in [1.54, 1.807) is 41.3 Å². The second-order valence-corrected chi connectivity index (χ2v) is 8.03. The molecule has 2 aromatic carbocycles. The van der Waals surface area contributed by atoms with Crippen LogP contribution in [-0.4, -0.2) is 52.2 Å². The van der Waals surface area contributed by atoms with Crippen LogP contribution in [0.5, 0.6) is 0 Å². The molecule has 2 aromatic rings. The van der Waals surface area contributed by atoms with Gasteiger partial charge in [0.05, 0.1) is 0 Å². The number of thiocarbonyl (C=S) groups is 1. The van der Waals surface area contributed by atoms with Gasteiger partial charge in [-0.2, -0.15) is 0 Å². The molecule has 28 heavy (non-hydrogen) atoms. The van der Waals surface area contributed by atoms with Gasteiger partial charge in [0.2, 0.25) is 0 Å². The minimum absolute atomic E-state index is 0.188. The summed E-state index contributed by atoms with van der Waals surface area (Å²) in [6.07, 6.45) is 1.38. The number of carbonyl (C=O) groups excluding carboxylic acids is 1. The zero-order valence-electron chi connectivity index (χ0n) is 15.4. The zero-order chi connectivity index (χ0) is 19.9. The van der Waals surface area contributed by atoms with Crippen molar-refractivity contribution in [2.24, 2.45) is 4.99 Å². The third kappa shape index (κ3) is 3.36. The number of hydrogen-bond acceptors (Lipinski definition) is 4. The molecular weight excluding hydrogens is 397 g/mol. The molecule has 0 aliphatic carbocycles. The second-order valence-electron chi connectivity index (χ2n) is 7.21. The van der Waals surface area contributed by atoms with E-state index in [0.29, 0.717) is 34.1 Å². The molecule has 0 radical (unpaired) electrons. The van der Waals surface area contributed by atoms with Gasteiger partial charge in [-0.25, -0.2) is 4.39 Å². The van der Waals surface area contributed by atoms with Gasteiger partial charge in [0.15, 0.2) is 0 Å². The maximum absolute atomic E-state index is 13.4. The zero-order valence-corrected chi connectivity index (χ0v) is 16.9. The first-order valence-electron chi connectivity index (χ1n) is 9.08. The maximum Gasteiger partial charge on any atom is 0.260 e. The highest BCUT2D eigenvalue weighted by molar-refractivity contribution is 7.82. The Morgan fingerprint density at radius 3 is 2.32 bits per heavy atom. The van der Waals surface area contributed by atoms with Crippen molar-refractivity contribution < 1.29 is 9.18 Å². The van der Waals surface area contributed by atoms with Crippen LogP contribution in [0.4, 0.5) is 4.39 Å². The van der Waals surface area contributed by atoms with Crippen molar-refractivity contribution >= 4 is 40.4 Å². The average Bonchev–Trinajstić information content (AvgIpc) is 2.97. The summed E-state index contributed by atoms with van der Waals surface area (Å²) >= 11 is 11.7. The Kier molecular flexibility index (Phi) is 5.04. The van der Waals surface area contributed by atoms with Gasteiger partial charge >= 0.3 is 0 Å². The number of hydrogen-bond donors (Lipinski definition) is 0. The van der Waals surface area contributed by atoms with Crippen LogP contribution >= 0.6 is 23.8 Å². The van der Waals surface area contributed by atoms with E-state index >= 15 is 0 Å². The molecule has 144 valence electrons. The molecule has 2 aliphatic rings. The minimum Gasteiger partial charge on any atom is -0.306 e. The first kappa shape index (κ1) is 19.2. The highest BCUT2D eigenvalue weighted by Gasteiger charge is 2.49. The van der Waals surface area contributed by atoms with Crippen LogP contribution in [0.15, 0.2) is 53.5 Å². The highest BCUT2D eigenvalue weighted by Crippen LogP contribution is 2.38. The number of nitrogens with zero attached hydrogens (tertiary/aromatic N) is 3. The fourth-order valence-electron chi connectivity index (χ4n) is 3.71. The number of carbonyl (C=O) groups is 1. The SMILES string of the molecule is CN1CCC2(CC1)N=C(c1ccc(F)cc1)C(=S)N2C(=O)c1ccc(Cl)cc1. The van der Waals surface area contributed by atoms with Gasteiger partial charge in [0.1, 0.15) is 22.2 Å². The van der Waals surface area contributed by atoms with Gasteiger partial charge in [0.25, 0.3) is 5.91 Å².